The summed E-state index contributed by atoms with van der Waals surface area (Å²) in [7, 11) is 1.58. The van der Waals surface area contributed by atoms with E-state index in [1.807, 2.05) is 42.5 Å². The Morgan fingerprint density at radius 1 is 1.31 bits per heavy atom. The maximum Gasteiger partial charge on any atom is 0.308 e. The number of piperidine rings is 1. The van der Waals surface area contributed by atoms with E-state index in [2.05, 4.69) is 9.88 Å². The van der Waals surface area contributed by atoms with Gasteiger partial charge < -0.3 is 14.7 Å². The summed E-state index contributed by atoms with van der Waals surface area (Å²) in [6.07, 6.45) is 3.03. The van der Waals surface area contributed by atoms with Crippen molar-refractivity contribution in [2.45, 2.75) is 36.8 Å². The molecule has 2 aromatic carbocycles. The van der Waals surface area contributed by atoms with Gasteiger partial charge in [0.05, 0.1) is 18.5 Å². The predicted octanol–water partition coefficient (Wildman–Crippen LogP) is 6.89. The van der Waals surface area contributed by atoms with Gasteiger partial charge in [0, 0.05) is 28.0 Å². The molecule has 2 heterocycles. The molecule has 0 spiro atoms. The third-order valence-electron chi connectivity index (χ3n) is 6.95. The predicted molar refractivity (Wildman–Crippen MR) is 144 cm³/mol. The highest BCUT2D eigenvalue weighted by Crippen LogP contribution is 2.35. The van der Waals surface area contributed by atoms with E-state index in [0.717, 1.165) is 52.5 Å². The Hall–Kier alpha value is -2.35. The van der Waals surface area contributed by atoms with Gasteiger partial charge in [-0.1, -0.05) is 17.7 Å². The minimum absolute atomic E-state index is 0.0273. The number of nitrogens with zero attached hydrogens (tertiary/aromatic N) is 2. The first-order valence-corrected chi connectivity index (χ1v) is 13.7. The van der Waals surface area contributed by atoms with Crippen LogP contribution in [0, 0.1) is 11.8 Å². The second-order valence-corrected chi connectivity index (χ2v) is 10.9. The van der Waals surface area contributed by atoms with E-state index in [-0.39, 0.29) is 5.92 Å². The number of alkyl halides is 1. The summed E-state index contributed by atoms with van der Waals surface area (Å²) in [4.78, 5) is 19.8. The van der Waals surface area contributed by atoms with E-state index in [0.29, 0.717) is 30.7 Å². The maximum absolute atomic E-state index is 15.4. The minimum atomic E-state index is -1.18. The molecular formula is C28H32ClFN2O3S. The lowest BCUT2D eigenvalue weighted by atomic mass is 9.81. The van der Waals surface area contributed by atoms with Crippen LogP contribution in [0.2, 0.25) is 5.02 Å². The summed E-state index contributed by atoms with van der Waals surface area (Å²) >= 11 is 7.81. The molecule has 1 N–H and O–H groups in total. The van der Waals surface area contributed by atoms with Crippen molar-refractivity contribution in [3.8, 4) is 5.75 Å². The maximum atomic E-state index is 15.4. The molecule has 192 valence electrons. The van der Waals surface area contributed by atoms with Crippen LogP contribution in [0.1, 0.15) is 37.4 Å². The molecule has 1 saturated heterocycles. The summed E-state index contributed by atoms with van der Waals surface area (Å²) in [6.45, 7) is 2.23. The smallest absolute Gasteiger partial charge is 0.308 e. The quantitative estimate of drug-likeness (QED) is 0.215. The molecule has 1 aliphatic heterocycles. The lowest BCUT2D eigenvalue weighted by Gasteiger charge is -2.36. The molecule has 0 bridgehead atoms. The van der Waals surface area contributed by atoms with Gasteiger partial charge in [-0.25, -0.2) is 4.39 Å². The number of methoxy groups -OCH3 is 1. The van der Waals surface area contributed by atoms with Gasteiger partial charge >= 0.3 is 5.97 Å². The van der Waals surface area contributed by atoms with E-state index in [4.69, 9.17) is 16.3 Å². The highest BCUT2D eigenvalue weighted by molar-refractivity contribution is 7.99. The fourth-order valence-corrected chi connectivity index (χ4v) is 6.14. The summed E-state index contributed by atoms with van der Waals surface area (Å²) in [5.74, 6) is 0.327. The largest absolute Gasteiger partial charge is 0.497 e. The Morgan fingerprint density at radius 3 is 2.94 bits per heavy atom. The van der Waals surface area contributed by atoms with Crippen molar-refractivity contribution in [1.82, 2.24) is 9.88 Å². The molecule has 1 fully saturated rings. The third-order valence-corrected chi connectivity index (χ3v) is 8.27. The number of aromatic nitrogens is 1. The molecule has 3 atom stereocenters. The summed E-state index contributed by atoms with van der Waals surface area (Å²) < 4.78 is 20.7. The van der Waals surface area contributed by atoms with Crippen LogP contribution in [0.15, 0.2) is 59.6 Å². The van der Waals surface area contributed by atoms with E-state index in [1.165, 1.54) is 0 Å². The number of halogens is 2. The molecule has 8 heteroatoms. The Morgan fingerprint density at radius 2 is 2.17 bits per heavy atom. The first-order valence-electron chi connectivity index (χ1n) is 12.3. The number of benzene rings is 2. The monoisotopic (exact) mass is 530 g/mol. The topological polar surface area (TPSA) is 62.7 Å². The van der Waals surface area contributed by atoms with Gasteiger partial charge in [0.25, 0.3) is 0 Å². The number of thioether (sulfide) groups is 1. The summed E-state index contributed by atoms with van der Waals surface area (Å²) in [5.41, 5.74) is 1.31. The molecule has 0 unspecified atom stereocenters. The lowest BCUT2D eigenvalue weighted by molar-refractivity contribution is -0.146. The van der Waals surface area contributed by atoms with Gasteiger partial charge in [-0.3, -0.25) is 9.78 Å². The van der Waals surface area contributed by atoms with Crippen molar-refractivity contribution in [2.75, 3.05) is 32.5 Å². The van der Waals surface area contributed by atoms with Gasteiger partial charge in [-0.2, -0.15) is 0 Å². The summed E-state index contributed by atoms with van der Waals surface area (Å²) in [5, 5.41) is 11.4. The SMILES string of the molecule is COc1ccc2nccc([C@@H](F)CC[C@@H]3CCN(CCCSc4cccc(Cl)c4)C[C@@H]3C(=O)O)c2c1. The van der Waals surface area contributed by atoms with Crippen LogP contribution in [0.5, 0.6) is 5.75 Å². The van der Waals surface area contributed by atoms with E-state index >= 15 is 4.39 Å². The van der Waals surface area contributed by atoms with Gasteiger partial charge in [-0.05, 0) is 98.5 Å². The lowest BCUT2D eigenvalue weighted by Crippen LogP contribution is -2.44. The molecule has 0 saturated carbocycles. The van der Waals surface area contributed by atoms with E-state index < -0.39 is 18.1 Å². The molecule has 0 radical (unpaired) electrons. The fourth-order valence-electron chi connectivity index (χ4n) is 4.99. The number of fused-ring (bicyclic) bond motifs is 1. The van der Waals surface area contributed by atoms with Crippen LogP contribution >= 0.6 is 23.4 Å². The molecule has 4 rings (SSSR count). The van der Waals surface area contributed by atoms with Crippen molar-refractivity contribution in [1.29, 1.82) is 0 Å². The number of likely N-dealkylation sites (tertiary alicyclic amines) is 1. The van der Waals surface area contributed by atoms with Crippen LogP contribution in [0.3, 0.4) is 0 Å². The Balaban J connectivity index is 1.29. The van der Waals surface area contributed by atoms with Crippen molar-refractivity contribution in [3.63, 3.8) is 0 Å². The second kappa shape index (κ2) is 12.7. The Labute approximate surface area is 221 Å². The normalized spacial score (nSPS) is 19.3. The summed E-state index contributed by atoms with van der Waals surface area (Å²) in [6, 6.07) is 15.0. The second-order valence-electron chi connectivity index (χ2n) is 9.28. The minimum Gasteiger partial charge on any atom is -0.497 e. The molecule has 36 heavy (non-hydrogen) atoms. The highest BCUT2D eigenvalue weighted by atomic mass is 35.5. The van der Waals surface area contributed by atoms with Gasteiger partial charge in [0.1, 0.15) is 11.9 Å². The van der Waals surface area contributed by atoms with Gasteiger partial charge in [-0.15, -0.1) is 11.8 Å². The number of hydrogen-bond acceptors (Lipinski definition) is 5. The highest BCUT2D eigenvalue weighted by Gasteiger charge is 2.34. The number of hydrogen-bond donors (Lipinski definition) is 1. The Kier molecular flexibility index (Phi) is 9.46. The molecule has 0 aliphatic carbocycles. The zero-order chi connectivity index (χ0) is 25.5. The molecule has 1 aromatic heterocycles. The van der Waals surface area contributed by atoms with Crippen molar-refractivity contribution in [3.05, 3.63) is 65.3 Å². The Bertz CT molecular complexity index is 1180. The molecule has 5 nitrogen and oxygen atoms in total. The molecule has 1 aliphatic rings. The van der Waals surface area contributed by atoms with Crippen molar-refractivity contribution < 1.29 is 19.0 Å². The number of aliphatic carboxylic acids is 1. The van der Waals surface area contributed by atoms with Crippen LogP contribution in [-0.4, -0.2) is 53.5 Å². The van der Waals surface area contributed by atoms with Crippen molar-refractivity contribution >= 4 is 40.2 Å². The number of carbonyl (C=O) groups is 1. The standard InChI is InChI=1S/C28H32ClFN2O3S/c1-35-21-7-9-27-24(17-21)23(10-12-31-27)26(30)8-6-19-11-14-32(18-25(19)28(33)34)13-3-15-36-22-5-2-4-20(29)16-22/h2,4-5,7,9-10,12,16-17,19,25-26H,3,6,8,11,13-15,18H2,1H3,(H,33,34)/t19-,25+,26+/m1/s1. The number of pyridine rings is 1. The first kappa shape index (κ1) is 26.7. The van der Waals surface area contributed by atoms with Crippen LogP contribution in [-0.2, 0) is 4.79 Å². The van der Waals surface area contributed by atoms with E-state index in [1.54, 1.807) is 31.1 Å². The third kappa shape index (κ3) is 6.90. The van der Waals surface area contributed by atoms with Crippen molar-refractivity contribution in [2.24, 2.45) is 11.8 Å². The zero-order valence-corrected chi connectivity index (χ0v) is 22.0. The van der Waals surface area contributed by atoms with E-state index in [9.17, 15) is 9.90 Å². The van der Waals surface area contributed by atoms with Gasteiger partial charge in [0.2, 0.25) is 0 Å². The number of carboxylic acid groups (broad SMARTS) is 1. The first-order chi connectivity index (χ1) is 17.4. The van der Waals surface area contributed by atoms with Gasteiger partial charge in [0.15, 0.2) is 0 Å². The number of ether oxygens (including phenoxy) is 1. The number of carboxylic acids is 1. The average Bonchev–Trinajstić information content (AvgIpc) is 2.89. The molecular weight excluding hydrogens is 499 g/mol. The van der Waals surface area contributed by atoms with Crippen LogP contribution in [0.4, 0.5) is 4.39 Å². The van der Waals surface area contributed by atoms with Crippen LogP contribution < -0.4 is 4.74 Å². The average molecular weight is 531 g/mol. The van der Waals surface area contributed by atoms with Crippen LogP contribution in [0.25, 0.3) is 10.9 Å². The zero-order valence-electron chi connectivity index (χ0n) is 20.4. The fraction of sp³-hybridized carbons (Fsp3) is 0.429. The molecule has 3 aromatic rings. The molecule has 0 amide bonds. The number of rotatable bonds is 11.